The molecule has 0 heterocycles. The number of hydrogen-bond donors (Lipinski definition) is 1. The van der Waals surface area contributed by atoms with Crippen molar-refractivity contribution in [3.63, 3.8) is 0 Å². The van der Waals surface area contributed by atoms with E-state index in [1.165, 1.54) is 31.2 Å². The third-order valence-electron chi connectivity index (χ3n) is 4.45. The van der Waals surface area contributed by atoms with E-state index in [2.05, 4.69) is 43.2 Å². The van der Waals surface area contributed by atoms with Crippen LogP contribution in [0.5, 0.6) is 0 Å². The van der Waals surface area contributed by atoms with Gasteiger partial charge in [-0.05, 0) is 70.8 Å². The Morgan fingerprint density at radius 1 is 1.35 bits per heavy atom. The highest BCUT2D eigenvalue weighted by Gasteiger charge is 2.20. The quantitative estimate of drug-likeness (QED) is 0.721. The zero-order chi connectivity index (χ0) is 14.5. The van der Waals surface area contributed by atoms with Gasteiger partial charge in [-0.25, -0.2) is 0 Å². The summed E-state index contributed by atoms with van der Waals surface area (Å²) in [6.45, 7) is 5.73. The Morgan fingerprint density at radius 2 is 2.10 bits per heavy atom. The highest BCUT2D eigenvalue weighted by molar-refractivity contribution is 6.30. The fourth-order valence-corrected chi connectivity index (χ4v) is 2.78. The molecule has 0 bridgehead atoms. The smallest absolute Gasteiger partial charge is 0.0409 e. The molecule has 3 heteroatoms. The number of hydrogen-bond acceptors (Lipinski definition) is 2. The molecule has 2 unspecified atom stereocenters. The first-order valence-corrected chi connectivity index (χ1v) is 8.16. The fourth-order valence-electron chi connectivity index (χ4n) is 2.58. The van der Waals surface area contributed by atoms with Crippen molar-refractivity contribution in [1.29, 1.82) is 0 Å². The average Bonchev–Trinajstić information content (AvgIpc) is 3.26. The summed E-state index contributed by atoms with van der Waals surface area (Å²) in [5.74, 6) is 0. The minimum absolute atomic E-state index is 0.403. The van der Waals surface area contributed by atoms with Gasteiger partial charge in [0.2, 0.25) is 0 Å². The van der Waals surface area contributed by atoms with E-state index < -0.39 is 0 Å². The lowest BCUT2D eigenvalue weighted by Crippen LogP contribution is -2.32. The molecule has 1 aliphatic rings. The monoisotopic (exact) mass is 294 g/mol. The molecule has 0 aliphatic heterocycles. The summed E-state index contributed by atoms with van der Waals surface area (Å²) in [6, 6.07) is 10.0. The predicted molar refractivity (Wildman–Crippen MR) is 87.4 cm³/mol. The summed E-state index contributed by atoms with van der Waals surface area (Å²) in [5, 5.41) is 4.41. The Labute approximate surface area is 128 Å². The minimum atomic E-state index is 0.403. The van der Waals surface area contributed by atoms with Crippen molar-refractivity contribution in [3.8, 4) is 0 Å². The van der Waals surface area contributed by atoms with Gasteiger partial charge in [0.1, 0.15) is 0 Å². The molecule has 0 radical (unpaired) electrons. The highest BCUT2D eigenvalue weighted by atomic mass is 35.5. The second kappa shape index (κ2) is 7.44. The first kappa shape index (κ1) is 15.8. The molecular weight excluding hydrogens is 268 g/mol. The van der Waals surface area contributed by atoms with E-state index in [1.54, 1.807) is 0 Å². The van der Waals surface area contributed by atoms with Gasteiger partial charge in [0, 0.05) is 23.1 Å². The fraction of sp³-hybridized carbons (Fsp3) is 0.647. The first-order valence-electron chi connectivity index (χ1n) is 7.78. The van der Waals surface area contributed by atoms with Gasteiger partial charge in [0.25, 0.3) is 0 Å². The largest absolute Gasteiger partial charge is 0.314 e. The van der Waals surface area contributed by atoms with E-state index in [0.717, 1.165) is 17.6 Å². The van der Waals surface area contributed by atoms with Gasteiger partial charge in [-0.2, -0.15) is 0 Å². The van der Waals surface area contributed by atoms with Crippen molar-refractivity contribution in [1.82, 2.24) is 10.2 Å². The maximum absolute atomic E-state index is 6.08. The zero-order valence-corrected chi connectivity index (χ0v) is 13.7. The molecule has 20 heavy (non-hydrogen) atoms. The van der Waals surface area contributed by atoms with Crippen LogP contribution >= 0.6 is 11.6 Å². The molecule has 1 aromatic carbocycles. The molecule has 0 aromatic heterocycles. The van der Waals surface area contributed by atoms with Crippen LogP contribution in [0.15, 0.2) is 24.3 Å². The zero-order valence-electron chi connectivity index (χ0n) is 12.9. The van der Waals surface area contributed by atoms with Gasteiger partial charge in [-0.1, -0.05) is 23.7 Å². The molecular formula is C17H27ClN2. The lowest BCUT2D eigenvalue weighted by molar-refractivity contribution is 0.186. The lowest BCUT2D eigenvalue weighted by Gasteiger charge is -2.31. The number of nitrogens with one attached hydrogen (secondary N) is 1. The molecule has 1 N–H and O–H groups in total. The van der Waals surface area contributed by atoms with Crippen molar-refractivity contribution >= 4 is 11.6 Å². The van der Waals surface area contributed by atoms with Crippen LogP contribution in [-0.2, 0) is 0 Å². The Bertz CT molecular complexity index is 417. The maximum atomic E-state index is 6.08. The molecule has 1 saturated carbocycles. The Balaban J connectivity index is 1.77. The number of nitrogens with zero attached hydrogens (tertiary/aromatic N) is 1. The van der Waals surface area contributed by atoms with Gasteiger partial charge >= 0.3 is 0 Å². The maximum Gasteiger partial charge on any atom is 0.0409 e. The standard InChI is InChI=1S/C17H27ClN2/c1-13(6-5-11-19-17-9-10-17)20(3)14(2)15-7-4-8-16(18)12-15/h4,7-8,12-14,17,19H,5-6,9-11H2,1-3H3. The molecule has 1 fully saturated rings. The molecule has 2 rings (SSSR count). The predicted octanol–water partition coefficient (Wildman–Crippen LogP) is 4.25. The first-order chi connectivity index (χ1) is 9.58. The SMILES string of the molecule is CC(CCCNC1CC1)N(C)C(C)c1cccc(Cl)c1. The van der Waals surface area contributed by atoms with Crippen LogP contribution in [-0.4, -0.2) is 30.6 Å². The van der Waals surface area contributed by atoms with Crippen molar-refractivity contribution in [2.45, 2.75) is 57.7 Å². The van der Waals surface area contributed by atoms with Gasteiger partial charge in [0.05, 0.1) is 0 Å². The summed E-state index contributed by atoms with van der Waals surface area (Å²) >= 11 is 6.08. The molecule has 1 aliphatic carbocycles. The van der Waals surface area contributed by atoms with Crippen molar-refractivity contribution < 1.29 is 0 Å². The Morgan fingerprint density at radius 3 is 2.75 bits per heavy atom. The molecule has 2 nitrogen and oxygen atoms in total. The third kappa shape index (κ3) is 4.76. The van der Waals surface area contributed by atoms with E-state index in [-0.39, 0.29) is 0 Å². The van der Waals surface area contributed by atoms with Crippen LogP contribution < -0.4 is 5.32 Å². The Kier molecular flexibility index (Phi) is 5.88. The average molecular weight is 295 g/mol. The number of benzene rings is 1. The molecule has 1 aromatic rings. The van der Waals surface area contributed by atoms with E-state index in [4.69, 9.17) is 11.6 Å². The molecule has 0 saturated heterocycles. The second-order valence-electron chi connectivity index (χ2n) is 6.12. The van der Waals surface area contributed by atoms with Crippen LogP contribution in [0.25, 0.3) is 0 Å². The summed E-state index contributed by atoms with van der Waals surface area (Å²) in [7, 11) is 2.21. The molecule has 2 atom stereocenters. The van der Waals surface area contributed by atoms with Gasteiger partial charge in [0.15, 0.2) is 0 Å². The van der Waals surface area contributed by atoms with E-state index in [1.807, 2.05) is 12.1 Å². The summed E-state index contributed by atoms with van der Waals surface area (Å²) < 4.78 is 0. The van der Waals surface area contributed by atoms with Gasteiger partial charge in [-0.15, -0.1) is 0 Å². The van der Waals surface area contributed by atoms with Crippen LogP contribution in [0, 0.1) is 0 Å². The van der Waals surface area contributed by atoms with E-state index >= 15 is 0 Å². The third-order valence-corrected chi connectivity index (χ3v) is 4.68. The number of halogens is 1. The summed E-state index contributed by atoms with van der Waals surface area (Å²) in [6.07, 6.45) is 5.24. The second-order valence-corrected chi connectivity index (χ2v) is 6.55. The topological polar surface area (TPSA) is 15.3 Å². The van der Waals surface area contributed by atoms with Gasteiger partial charge in [-0.3, -0.25) is 4.90 Å². The van der Waals surface area contributed by atoms with E-state index in [0.29, 0.717) is 12.1 Å². The summed E-state index contributed by atoms with van der Waals surface area (Å²) in [4.78, 5) is 2.45. The molecule has 0 amide bonds. The molecule has 0 spiro atoms. The van der Waals surface area contributed by atoms with Crippen molar-refractivity contribution in [3.05, 3.63) is 34.9 Å². The number of rotatable bonds is 8. The molecule has 112 valence electrons. The van der Waals surface area contributed by atoms with E-state index in [9.17, 15) is 0 Å². The minimum Gasteiger partial charge on any atom is -0.314 e. The van der Waals surface area contributed by atoms with Crippen LogP contribution in [0.4, 0.5) is 0 Å². The van der Waals surface area contributed by atoms with Crippen molar-refractivity contribution in [2.75, 3.05) is 13.6 Å². The highest BCUT2D eigenvalue weighted by Crippen LogP contribution is 2.24. The van der Waals surface area contributed by atoms with Crippen LogP contribution in [0.1, 0.15) is 51.1 Å². The van der Waals surface area contributed by atoms with Crippen LogP contribution in [0.3, 0.4) is 0 Å². The van der Waals surface area contributed by atoms with Crippen LogP contribution in [0.2, 0.25) is 5.02 Å². The van der Waals surface area contributed by atoms with Crippen molar-refractivity contribution in [2.24, 2.45) is 0 Å². The summed E-state index contributed by atoms with van der Waals surface area (Å²) in [5.41, 5.74) is 1.29. The lowest BCUT2D eigenvalue weighted by atomic mass is 10.0. The Hall–Kier alpha value is -0.570. The normalized spacial score (nSPS) is 18.2. The van der Waals surface area contributed by atoms with Gasteiger partial charge < -0.3 is 5.32 Å².